The van der Waals surface area contributed by atoms with Crippen molar-refractivity contribution < 1.29 is 33.2 Å². The minimum atomic E-state index is -0.406. The van der Waals surface area contributed by atoms with Gasteiger partial charge >= 0.3 is 5.97 Å². The third kappa shape index (κ3) is 15.0. The molecule has 0 saturated carbocycles. The first-order valence-corrected chi connectivity index (χ1v) is 10.1. The topological polar surface area (TPSA) is 72.5 Å². The van der Waals surface area contributed by atoms with E-state index in [-0.39, 0.29) is 37.1 Å². The van der Waals surface area contributed by atoms with Crippen LogP contribution in [-0.4, -0.2) is 76.1 Å². The minimum Gasteiger partial charge on any atom is -0.460 e. The predicted octanol–water partition coefficient (Wildman–Crippen LogP) is 3.15. The first-order valence-electron chi connectivity index (χ1n) is 10.1. The minimum absolute atomic E-state index is 0.00567. The molecule has 0 N–H and O–H groups in total. The monoisotopic (exact) mass is 404 g/mol. The number of carbonyl (C=O) groups excluding carboxylic acids is 1. The van der Waals surface area contributed by atoms with Crippen molar-refractivity contribution in [3.8, 4) is 0 Å². The van der Waals surface area contributed by atoms with E-state index >= 15 is 0 Å². The van der Waals surface area contributed by atoms with Gasteiger partial charge in [-0.05, 0) is 48.5 Å². The number of hydrogen-bond acceptors (Lipinski definition) is 7. The molecule has 166 valence electrons. The van der Waals surface area contributed by atoms with E-state index in [9.17, 15) is 4.79 Å². The maximum atomic E-state index is 11.3. The van der Waals surface area contributed by atoms with Gasteiger partial charge in [0.1, 0.15) is 6.61 Å². The summed E-state index contributed by atoms with van der Waals surface area (Å²) >= 11 is 0. The number of hydrogen-bond donors (Lipinski definition) is 0. The number of ether oxygens (including phenoxy) is 6. The molecule has 0 amide bonds. The molecule has 0 spiro atoms. The number of rotatable bonds is 17. The Morgan fingerprint density at radius 3 is 1.32 bits per heavy atom. The highest BCUT2D eigenvalue weighted by Crippen LogP contribution is 2.04. The van der Waals surface area contributed by atoms with Gasteiger partial charge in [-0.2, -0.15) is 0 Å². The van der Waals surface area contributed by atoms with E-state index in [2.05, 4.69) is 6.58 Å². The van der Waals surface area contributed by atoms with Crippen LogP contribution in [-0.2, 0) is 33.2 Å². The zero-order valence-corrected chi connectivity index (χ0v) is 18.7. The van der Waals surface area contributed by atoms with E-state index < -0.39 is 5.97 Å². The Bertz CT molecular complexity index is 427. The zero-order chi connectivity index (χ0) is 21.5. The molecule has 0 saturated heterocycles. The maximum Gasteiger partial charge on any atom is 0.333 e. The van der Waals surface area contributed by atoms with Crippen molar-refractivity contribution in [3.05, 3.63) is 12.2 Å². The van der Waals surface area contributed by atoms with Gasteiger partial charge in [0.15, 0.2) is 0 Å². The van der Waals surface area contributed by atoms with Crippen LogP contribution >= 0.6 is 0 Å². The molecule has 28 heavy (non-hydrogen) atoms. The van der Waals surface area contributed by atoms with Crippen LogP contribution in [0.3, 0.4) is 0 Å². The van der Waals surface area contributed by atoms with Crippen molar-refractivity contribution in [2.24, 2.45) is 0 Å². The largest absolute Gasteiger partial charge is 0.460 e. The van der Waals surface area contributed by atoms with Gasteiger partial charge in [-0.3, -0.25) is 0 Å². The van der Waals surface area contributed by atoms with Crippen LogP contribution in [0.5, 0.6) is 0 Å². The van der Waals surface area contributed by atoms with Crippen molar-refractivity contribution in [2.75, 3.05) is 39.6 Å². The summed E-state index contributed by atoms with van der Waals surface area (Å²) in [5, 5.41) is 0. The van der Waals surface area contributed by atoms with Gasteiger partial charge in [-0.15, -0.1) is 0 Å². The van der Waals surface area contributed by atoms with Crippen LogP contribution < -0.4 is 0 Å². The highest BCUT2D eigenvalue weighted by Gasteiger charge is 2.13. The Morgan fingerprint density at radius 2 is 1.00 bits per heavy atom. The molecule has 0 bridgehead atoms. The van der Waals surface area contributed by atoms with Crippen LogP contribution in [0.2, 0.25) is 0 Å². The molecule has 0 aliphatic carbocycles. The molecular weight excluding hydrogens is 364 g/mol. The molecule has 5 atom stereocenters. The van der Waals surface area contributed by atoms with Gasteiger partial charge in [0.2, 0.25) is 0 Å². The fourth-order valence-electron chi connectivity index (χ4n) is 2.04. The summed E-state index contributed by atoms with van der Waals surface area (Å²) in [4.78, 5) is 11.3. The third-order valence-corrected chi connectivity index (χ3v) is 3.71. The summed E-state index contributed by atoms with van der Waals surface area (Å²) in [6, 6.07) is 0. The van der Waals surface area contributed by atoms with Crippen LogP contribution in [0.25, 0.3) is 0 Å². The van der Waals surface area contributed by atoms with Crippen LogP contribution in [0.1, 0.15) is 48.5 Å². The van der Waals surface area contributed by atoms with Crippen molar-refractivity contribution in [1.82, 2.24) is 0 Å². The average Bonchev–Trinajstić information content (AvgIpc) is 2.65. The van der Waals surface area contributed by atoms with Gasteiger partial charge < -0.3 is 28.4 Å². The van der Waals surface area contributed by atoms with Gasteiger partial charge in [-0.25, -0.2) is 4.79 Å². The first-order chi connectivity index (χ1) is 13.1. The summed E-state index contributed by atoms with van der Waals surface area (Å²) in [5.41, 5.74) is 0.376. The van der Waals surface area contributed by atoms with E-state index in [0.717, 1.165) is 0 Å². The van der Waals surface area contributed by atoms with Crippen LogP contribution in [0, 0.1) is 0 Å². The summed E-state index contributed by atoms with van der Waals surface area (Å²) in [5.74, 6) is -0.406. The average molecular weight is 405 g/mol. The Hall–Kier alpha value is -0.990. The fraction of sp³-hybridized carbons (Fsp3) is 0.857. The van der Waals surface area contributed by atoms with Crippen molar-refractivity contribution in [3.63, 3.8) is 0 Å². The molecule has 0 aromatic rings. The number of esters is 1. The Kier molecular flexibility index (Phi) is 15.3. The molecule has 0 rings (SSSR count). The highest BCUT2D eigenvalue weighted by atomic mass is 16.6. The van der Waals surface area contributed by atoms with Gasteiger partial charge in [0.05, 0.1) is 56.9 Å². The summed E-state index contributed by atoms with van der Waals surface area (Å²) in [6.45, 7) is 19.6. The second kappa shape index (κ2) is 15.9. The van der Waals surface area contributed by atoms with Gasteiger partial charge in [0.25, 0.3) is 0 Å². The molecule has 0 aromatic heterocycles. The Balaban J connectivity index is 3.80. The normalized spacial score (nSPS) is 16.8. The third-order valence-electron chi connectivity index (χ3n) is 3.71. The fourth-order valence-corrected chi connectivity index (χ4v) is 2.04. The van der Waals surface area contributed by atoms with Crippen molar-refractivity contribution in [2.45, 2.75) is 79.0 Å². The molecule has 7 nitrogen and oxygen atoms in total. The molecule has 5 unspecified atom stereocenters. The molecule has 0 aliphatic heterocycles. The molecule has 0 radical (unpaired) electrons. The molecule has 0 fully saturated rings. The SMILES string of the molecule is C=C(C)C(=O)OCC(C)OCC(C)OCC(C)OCC(C)OCC(C)OCC. The smallest absolute Gasteiger partial charge is 0.333 e. The summed E-state index contributed by atoms with van der Waals surface area (Å²) < 4.78 is 33.3. The molecule has 0 aromatic carbocycles. The molecule has 0 aliphatic rings. The lowest BCUT2D eigenvalue weighted by Gasteiger charge is -2.22. The summed E-state index contributed by atoms with van der Waals surface area (Å²) in [6.07, 6.45) is -0.271. The number of carbonyl (C=O) groups is 1. The van der Waals surface area contributed by atoms with E-state index in [4.69, 9.17) is 28.4 Å². The molecule has 7 heteroatoms. The van der Waals surface area contributed by atoms with Crippen LogP contribution in [0.15, 0.2) is 12.2 Å². The lowest BCUT2D eigenvalue weighted by molar-refractivity contribution is -0.144. The lowest BCUT2D eigenvalue weighted by atomic mass is 10.3. The van der Waals surface area contributed by atoms with E-state index in [0.29, 0.717) is 38.6 Å². The van der Waals surface area contributed by atoms with Crippen LogP contribution in [0.4, 0.5) is 0 Å². The standard InChI is InChI=1S/C21H40O7/c1-9-23-16(4)10-24-17(5)11-25-18(6)12-26-19(7)13-27-20(8)14-28-21(22)15(2)3/h16-20H,2,9-14H2,1,3-8H3. The predicted molar refractivity (Wildman–Crippen MR) is 109 cm³/mol. The second-order valence-electron chi connectivity index (χ2n) is 7.22. The first kappa shape index (κ1) is 27.0. The Labute approximate surface area is 170 Å². The molecular formula is C21H40O7. The van der Waals surface area contributed by atoms with Crippen molar-refractivity contribution >= 4 is 5.97 Å². The van der Waals surface area contributed by atoms with Crippen molar-refractivity contribution in [1.29, 1.82) is 0 Å². The second-order valence-corrected chi connectivity index (χ2v) is 7.22. The van der Waals surface area contributed by atoms with Gasteiger partial charge in [0, 0.05) is 12.2 Å². The zero-order valence-electron chi connectivity index (χ0n) is 18.7. The van der Waals surface area contributed by atoms with E-state index in [1.165, 1.54) is 0 Å². The Morgan fingerprint density at radius 1 is 0.679 bits per heavy atom. The summed E-state index contributed by atoms with van der Waals surface area (Å²) in [7, 11) is 0. The molecule has 0 heterocycles. The lowest BCUT2D eigenvalue weighted by Crippen LogP contribution is -2.29. The van der Waals surface area contributed by atoms with E-state index in [1.54, 1.807) is 6.92 Å². The maximum absolute atomic E-state index is 11.3. The quantitative estimate of drug-likeness (QED) is 0.272. The van der Waals surface area contributed by atoms with Gasteiger partial charge in [-0.1, -0.05) is 6.58 Å². The van der Waals surface area contributed by atoms with E-state index in [1.807, 2.05) is 41.5 Å². The highest BCUT2D eigenvalue weighted by molar-refractivity contribution is 5.86.